The molecule has 3 atom stereocenters. The number of nitrogens with one attached hydrogen (secondary N) is 2. The van der Waals surface area contributed by atoms with E-state index in [0.717, 1.165) is 63.6 Å². The number of aromatic nitrogens is 4. The van der Waals surface area contributed by atoms with Gasteiger partial charge in [-0.1, -0.05) is 60.8 Å². The Balaban J connectivity index is 1.67. The predicted molar refractivity (Wildman–Crippen MR) is 151 cm³/mol. The molecule has 2 heterocycles. The molecule has 0 bridgehead atoms. The van der Waals surface area contributed by atoms with Gasteiger partial charge >= 0.3 is 0 Å². The number of rotatable bonds is 2. The summed E-state index contributed by atoms with van der Waals surface area (Å²) >= 11 is 0. The molecular weight excluding hydrogens is 484 g/mol. The summed E-state index contributed by atoms with van der Waals surface area (Å²) in [6.45, 7) is 14.1. The van der Waals surface area contributed by atoms with Gasteiger partial charge in [-0.3, -0.25) is 0 Å². The highest BCUT2D eigenvalue weighted by Gasteiger charge is 2.61. The third-order valence-corrected chi connectivity index (χ3v) is 11.0. The van der Waals surface area contributed by atoms with Crippen LogP contribution in [0.3, 0.4) is 0 Å². The predicted octanol–water partition coefficient (Wildman–Crippen LogP) is 6.26. The van der Waals surface area contributed by atoms with Crippen molar-refractivity contribution in [3.8, 4) is 12.1 Å². The van der Waals surface area contributed by atoms with Gasteiger partial charge in [0.25, 0.3) is 0 Å². The number of nitriles is 2. The van der Waals surface area contributed by atoms with Gasteiger partial charge in [-0.15, -0.1) is 5.10 Å². The highest BCUT2D eigenvalue weighted by Crippen LogP contribution is 2.58. The van der Waals surface area contributed by atoms with Crippen LogP contribution in [0, 0.1) is 51.2 Å². The average molecular weight is 533 g/mol. The molecule has 212 valence electrons. The fraction of sp³-hybridized carbons (Fsp3) is 0.839. The van der Waals surface area contributed by atoms with E-state index in [1.807, 2.05) is 0 Å². The molecule has 39 heavy (non-hydrogen) atoms. The van der Waals surface area contributed by atoms with Gasteiger partial charge in [0.2, 0.25) is 0 Å². The van der Waals surface area contributed by atoms with Gasteiger partial charge in [0, 0.05) is 11.5 Å². The first-order valence-electron chi connectivity index (χ1n) is 15.3. The zero-order valence-corrected chi connectivity index (χ0v) is 25.0. The van der Waals surface area contributed by atoms with E-state index in [9.17, 15) is 10.5 Å². The topological polar surface area (TPSA) is 115 Å². The van der Waals surface area contributed by atoms with Gasteiger partial charge in [0.15, 0.2) is 5.82 Å². The fourth-order valence-corrected chi connectivity index (χ4v) is 8.52. The molecule has 0 saturated heterocycles. The summed E-state index contributed by atoms with van der Waals surface area (Å²) in [7, 11) is 0. The quantitative estimate of drug-likeness (QED) is 0.462. The number of hydrogen-bond donors (Lipinski definition) is 2. The lowest BCUT2D eigenvalue weighted by Gasteiger charge is -2.57. The first-order valence-corrected chi connectivity index (χ1v) is 15.3. The smallest absolute Gasteiger partial charge is 0.177 e. The third-order valence-electron chi connectivity index (χ3n) is 11.0. The first kappa shape index (κ1) is 27.9. The Kier molecular flexibility index (Phi) is 7.23. The van der Waals surface area contributed by atoms with Crippen molar-refractivity contribution in [2.45, 2.75) is 136 Å². The largest absolute Gasteiger partial charge is 0.368 e. The van der Waals surface area contributed by atoms with Crippen LogP contribution in [-0.4, -0.2) is 25.7 Å². The molecule has 0 radical (unpaired) electrons. The van der Waals surface area contributed by atoms with Crippen LogP contribution < -0.4 is 10.6 Å². The molecular formula is C31H48N8. The van der Waals surface area contributed by atoms with E-state index in [1.54, 1.807) is 0 Å². The van der Waals surface area contributed by atoms with Crippen molar-refractivity contribution >= 4 is 0 Å². The van der Waals surface area contributed by atoms with Crippen LogP contribution in [0.15, 0.2) is 11.4 Å². The zero-order valence-electron chi connectivity index (χ0n) is 25.0. The van der Waals surface area contributed by atoms with Crippen molar-refractivity contribution < 1.29 is 0 Å². The lowest BCUT2D eigenvalue weighted by molar-refractivity contribution is -0.0253. The minimum Gasteiger partial charge on any atom is -0.368 e. The second-order valence-corrected chi connectivity index (χ2v) is 15.1. The Morgan fingerprint density at radius 1 is 0.795 bits per heavy atom. The molecule has 3 saturated carbocycles. The van der Waals surface area contributed by atoms with Crippen LogP contribution in [0.2, 0.25) is 0 Å². The standard InChI is InChI=1S/C31H48N8/c1-28(2,3)21-12-15-30(16-13-21)26-18-22(29(4,5)6)14-17-31(26,35-25(20-33)24(19-32)34-30)27-36-37-38-39(27)23-10-8-7-9-11-23/h21-23,26,34-35H,7-18H2,1-6H3. The fourth-order valence-electron chi connectivity index (χ4n) is 8.52. The molecule has 1 aliphatic heterocycles. The minimum absolute atomic E-state index is 0.145. The number of nitrogens with zero attached hydrogens (tertiary/aromatic N) is 6. The summed E-state index contributed by atoms with van der Waals surface area (Å²) in [4.78, 5) is 0. The minimum atomic E-state index is -0.603. The van der Waals surface area contributed by atoms with Gasteiger partial charge in [-0.2, -0.15) is 10.5 Å². The SMILES string of the molecule is CC(C)(C)C1CCC2(CC1)NC(C#N)=C(C#N)NC1(c3nnnn3C3CCCCC3)CCC(C(C)(C)C)CC21. The molecule has 0 amide bonds. The zero-order chi connectivity index (χ0) is 28.1. The van der Waals surface area contributed by atoms with Crippen LogP contribution in [0.5, 0.6) is 0 Å². The molecule has 2 N–H and O–H groups in total. The second-order valence-electron chi connectivity index (χ2n) is 15.1. The van der Waals surface area contributed by atoms with Crippen molar-refractivity contribution in [2.24, 2.45) is 28.6 Å². The van der Waals surface area contributed by atoms with E-state index in [4.69, 9.17) is 5.10 Å². The Bertz CT molecular complexity index is 1150. The van der Waals surface area contributed by atoms with Gasteiger partial charge in [0.05, 0.1) is 6.04 Å². The van der Waals surface area contributed by atoms with Crippen molar-refractivity contribution in [2.75, 3.05) is 0 Å². The normalized spacial score (nSPS) is 34.3. The summed E-state index contributed by atoms with van der Waals surface area (Å²) in [5.41, 5.74) is 0.230. The summed E-state index contributed by atoms with van der Waals surface area (Å²) < 4.78 is 2.11. The third kappa shape index (κ3) is 4.94. The Labute approximate surface area is 235 Å². The van der Waals surface area contributed by atoms with Crippen LogP contribution in [0.4, 0.5) is 0 Å². The van der Waals surface area contributed by atoms with Gasteiger partial charge in [-0.25, -0.2) is 4.68 Å². The summed E-state index contributed by atoms with van der Waals surface area (Å²) in [5, 5.41) is 41.7. The molecule has 1 aromatic rings. The molecule has 1 aromatic heterocycles. The summed E-state index contributed by atoms with van der Waals surface area (Å²) in [5.74, 6) is 2.18. The van der Waals surface area contributed by atoms with Crippen molar-refractivity contribution in [1.82, 2.24) is 30.8 Å². The molecule has 3 fully saturated rings. The number of fused-ring (bicyclic) bond motifs is 2. The molecule has 3 aliphatic carbocycles. The lowest BCUT2D eigenvalue weighted by atomic mass is 9.53. The van der Waals surface area contributed by atoms with Crippen molar-refractivity contribution in [3.63, 3.8) is 0 Å². The average Bonchev–Trinajstić information content (AvgIpc) is 3.37. The molecule has 5 rings (SSSR count). The van der Waals surface area contributed by atoms with Crippen molar-refractivity contribution in [1.29, 1.82) is 10.5 Å². The summed E-state index contributed by atoms with van der Waals surface area (Å²) in [6, 6.07) is 5.03. The lowest BCUT2D eigenvalue weighted by Crippen LogP contribution is -2.64. The second kappa shape index (κ2) is 10.1. The van der Waals surface area contributed by atoms with E-state index in [-0.39, 0.29) is 28.3 Å². The van der Waals surface area contributed by atoms with Crippen molar-refractivity contribution in [3.05, 3.63) is 17.2 Å². The first-order chi connectivity index (χ1) is 18.4. The highest BCUT2D eigenvalue weighted by molar-refractivity contribution is 5.40. The Hall–Kier alpha value is -2.61. The number of allylic oxidation sites excluding steroid dienone is 2. The molecule has 4 aliphatic rings. The highest BCUT2D eigenvalue weighted by atomic mass is 15.6. The van der Waals surface area contributed by atoms with E-state index < -0.39 is 5.54 Å². The number of hydrogen-bond acceptors (Lipinski definition) is 7. The molecule has 3 unspecified atom stereocenters. The Morgan fingerprint density at radius 3 is 1.97 bits per heavy atom. The van der Waals surface area contributed by atoms with Gasteiger partial charge in [-0.05, 0) is 90.9 Å². The molecule has 1 spiro atoms. The maximum absolute atomic E-state index is 10.3. The monoisotopic (exact) mass is 532 g/mol. The maximum atomic E-state index is 10.3. The Morgan fingerprint density at radius 2 is 1.38 bits per heavy atom. The summed E-state index contributed by atoms with van der Waals surface area (Å²) in [6.07, 6.45) is 12.9. The van der Waals surface area contributed by atoms with E-state index >= 15 is 0 Å². The molecule has 8 nitrogen and oxygen atoms in total. The van der Waals surface area contributed by atoms with E-state index in [0.29, 0.717) is 23.2 Å². The van der Waals surface area contributed by atoms with Crippen LogP contribution >= 0.6 is 0 Å². The maximum Gasteiger partial charge on any atom is 0.177 e. The van der Waals surface area contributed by atoms with Crippen LogP contribution in [0.1, 0.15) is 130 Å². The molecule has 0 aromatic carbocycles. The van der Waals surface area contributed by atoms with E-state index in [2.05, 4.69) is 79.4 Å². The van der Waals surface area contributed by atoms with E-state index in [1.165, 1.54) is 19.3 Å². The molecule has 8 heteroatoms. The van der Waals surface area contributed by atoms with Gasteiger partial charge in [0.1, 0.15) is 29.1 Å². The van der Waals surface area contributed by atoms with Crippen LogP contribution in [-0.2, 0) is 5.54 Å². The van der Waals surface area contributed by atoms with Crippen LogP contribution in [0.25, 0.3) is 0 Å². The number of tetrazole rings is 1. The van der Waals surface area contributed by atoms with Gasteiger partial charge < -0.3 is 10.6 Å².